The Morgan fingerprint density at radius 3 is 2.43 bits per heavy atom. The van der Waals surface area contributed by atoms with Crippen molar-refractivity contribution in [2.24, 2.45) is 5.73 Å². The first-order chi connectivity index (χ1) is 9.74. The molecule has 0 bridgehead atoms. The number of nitro benzene ring substituents is 1. The van der Waals surface area contributed by atoms with Gasteiger partial charge in [0.25, 0.3) is 11.6 Å². The van der Waals surface area contributed by atoms with E-state index >= 15 is 0 Å². The minimum atomic E-state index is -0.593. The van der Waals surface area contributed by atoms with Crippen molar-refractivity contribution in [2.75, 3.05) is 12.3 Å². The fourth-order valence-electron chi connectivity index (χ4n) is 1.97. The number of nitrogens with zero attached hydrogens (tertiary/aromatic N) is 1. The molecule has 0 atom stereocenters. The van der Waals surface area contributed by atoms with E-state index in [1.165, 1.54) is 12.1 Å². The standard InChI is InChI=1S/C14H22N4O3/c1-4-14(16,5-2)8-17-13(19)10-6-9(3)7-11(12(10)15)18(20)21/h6-7H,4-5,8,15-16H2,1-3H3,(H,17,19). The van der Waals surface area contributed by atoms with E-state index in [-0.39, 0.29) is 16.9 Å². The normalized spacial score (nSPS) is 11.2. The first kappa shape index (κ1) is 16.9. The Kier molecular flexibility index (Phi) is 5.26. The average Bonchev–Trinajstić information content (AvgIpc) is 2.46. The first-order valence-corrected chi connectivity index (χ1v) is 6.85. The van der Waals surface area contributed by atoms with E-state index < -0.39 is 16.4 Å². The summed E-state index contributed by atoms with van der Waals surface area (Å²) in [5, 5.41) is 13.6. The number of carbonyl (C=O) groups excluding carboxylic acids is 1. The molecule has 1 aromatic rings. The highest BCUT2D eigenvalue weighted by molar-refractivity contribution is 6.01. The van der Waals surface area contributed by atoms with Gasteiger partial charge in [0.05, 0.1) is 10.5 Å². The van der Waals surface area contributed by atoms with E-state index in [4.69, 9.17) is 11.5 Å². The van der Waals surface area contributed by atoms with Crippen LogP contribution in [-0.2, 0) is 0 Å². The smallest absolute Gasteiger partial charge is 0.293 e. The van der Waals surface area contributed by atoms with Crippen molar-refractivity contribution in [3.05, 3.63) is 33.4 Å². The Bertz CT molecular complexity index is 553. The zero-order chi connectivity index (χ0) is 16.2. The number of aryl methyl sites for hydroxylation is 1. The number of anilines is 1. The summed E-state index contributed by atoms with van der Waals surface area (Å²) in [6.07, 6.45) is 1.43. The SMILES string of the molecule is CCC(N)(CC)CNC(=O)c1cc(C)cc([N+](=O)[O-])c1N. The van der Waals surface area contributed by atoms with Crippen LogP contribution in [0.4, 0.5) is 11.4 Å². The predicted octanol–water partition coefficient (Wildman–Crippen LogP) is 1.73. The molecule has 0 aliphatic carbocycles. The second-order valence-corrected chi connectivity index (χ2v) is 5.25. The van der Waals surface area contributed by atoms with Crippen LogP contribution in [0.1, 0.15) is 42.6 Å². The maximum absolute atomic E-state index is 12.2. The molecule has 1 aromatic carbocycles. The molecule has 1 rings (SSSR count). The maximum Gasteiger partial charge on any atom is 0.293 e. The van der Waals surface area contributed by atoms with Crippen LogP contribution in [0.2, 0.25) is 0 Å². The Morgan fingerprint density at radius 1 is 1.38 bits per heavy atom. The number of nitrogens with one attached hydrogen (secondary N) is 1. The van der Waals surface area contributed by atoms with E-state index in [1.807, 2.05) is 13.8 Å². The Hall–Kier alpha value is -2.15. The average molecular weight is 294 g/mol. The molecule has 0 radical (unpaired) electrons. The van der Waals surface area contributed by atoms with Gasteiger partial charge in [0.15, 0.2) is 0 Å². The van der Waals surface area contributed by atoms with Crippen molar-refractivity contribution >= 4 is 17.3 Å². The van der Waals surface area contributed by atoms with Gasteiger partial charge in [-0.2, -0.15) is 0 Å². The van der Waals surface area contributed by atoms with Crippen molar-refractivity contribution < 1.29 is 9.72 Å². The minimum Gasteiger partial charge on any atom is -0.393 e. The molecule has 0 spiro atoms. The van der Waals surface area contributed by atoms with Gasteiger partial charge in [0, 0.05) is 18.2 Å². The van der Waals surface area contributed by atoms with Crippen molar-refractivity contribution in [2.45, 2.75) is 39.2 Å². The molecule has 1 amide bonds. The number of hydrogen-bond acceptors (Lipinski definition) is 5. The highest BCUT2D eigenvalue weighted by Gasteiger charge is 2.24. The van der Waals surface area contributed by atoms with E-state index in [0.717, 1.165) is 0 Å². The van der Waals surface area contributed by atoms with Gasteiger partial charge in [-0.1, -0.05) is 13.8 Å². The van der Waals surface area contributed by atoms with E-state index in [9.17, 15) is 14.9 Å². The van der Waals surface area contributed by atoms with Gasteiger partial charge in [-0.05, 0) is 31.4 Å². The number of rotatable bonds is 6. The van der Waals surface area contributed by atoms with Crippen molar-refractivity contribution in [3.8, 4) is 0 Å². The maximum atomic E-state index is 12.2. The molecule has 7 nitrogen and oxygen atoms in total. The number of nitrogen functional groups attached to an aromatic ring is 1. The molecule has 0 fully saturated rings. The lowest BCUT2D eigenvalue weighted by Gasteiger charge is -2.26. The van der Waals surface area contributed by atoms with Gasteiger partial charge in [-0.15, -0.1) is 0 Å². The summed E-state index contributed by atoms with van der Waals surface area (Å²) in [5.74, 6) is -0.448. The number of nitrogens with two attached hydrogens (primary N) is 2. The lowest BCUT2D eigenvalue weighted by atomic mass is 9.94. The van der Waals surface area contributed by atoms with Crippen LogP contribution in [0.5, 0.6) is 0 Å². The van der Waals surface area contributed by atoms with Crippen LogP contribution in [0, 0.1) is 17.0 Å². The fraction of sp³-hybridized carbons (Fsp3) is 0.500. The molecule has 0 heterocycles. The second kappa shape index (κ2) is 6.53. The first-order valence-electron chi connectivity index (χ1n) is 6.85. The lowest BCUT2D eigenvalue weighted by molar-refractivity contribution is -0.384. The predicted molar refractivity (Wildman–Crippen MR) is 82.1 cm³/mol. The molecule has 5 N–H and O–H groups in total. The van der Waals surface area contributed by atoms with Crippen LogP contribution in [-0.4, -0.2) is 22.9 Å². The molecule has 0 saturated heterocycles. The third-order valence-electron chi connectivity index (χ3n) is 3.75. The fourth-order valence-corrected chi connectivity index (χ4v) is 1.97. The molecule has 7 heteroatoms. The Morgan fingerprint density at radius 2 is 1.95 bits per heavy atom. The number of amides is 1. The van der Waals surface area contributed by atoms with E-state index in [0.29, 0.717) is 24.9 Å². The summed E-state index contributed by atoms with van der Waals surface area (Å²) < 4.78 is 0. The van der Waals surface area contributed by atoms with Gasteiger partial charge < -0.3 is 16.8 Å². The quantitative estimate of drug-likeness (QED) is 0.418. The topological polar surface area (TPSA) is 124 Å². The highest BCUT2D eigenvalue weighted by atomic mass is 16.6. The van der Waals surface area contributed by atoms with Crippen LogP contribution in [0.15, 0.2) is 12.1 Å². The van der Waals surface area contributed by atoms with E-state index in [1.54, 1.807) is 6.92 Å². The molecular formula is C14H22N4O3. The second-order valence-electron chi connectivity index (χ2n) is 5.25. The molecule has 116 valence electrons. The minimum absolute atomic E-state index is 0.108. The van der Waals surface area contributed by atoms with Crippen LogP contribution in [0.25, 0.3) is 0 Å². The third-order valence-corrected chi connectivity index (χ3v) is 3.75. The zero-order valence-corrected chi connectivity index (χ0v) is 12.6. The lowest BCUT2D eigenvalue weighted by Crippen LogP contribution is -2.49. The summed E-state index contributed by atoms with van der Waals surface area (Å²) in [7, 11) is 0. The number of nitro groups is 1. The van der Waals surface area contributed by atoms with Crippen LogP contribution < -0.4 is 16.8 Å². The molecule has 0 aliphatic rings. The summed E-state index contributed by atoms with van der Waals surface area (Å²) in [5.41, 5.74) is 11.7. The van der Waals surface area contributed by atoms with Crippen LogP contribution in [0.3, 0.4) is 0 Å². The molecular weight excluding hydrogens is 272 g/mol. The molecule has 0 aliphatic heterocycles. The van der Waals surface area contributed by atoms with Gasteiger partial charge in [0.2, 0.25) is 0 Å². The summed E-state index contributed by atoms with van der Waals surface area (Å²) in [6.45, 7) is 5.86. The monoisotopic (exact) mass is 294 g/mol. The van der Waals surface area contributed by atoms with Gasteiger partial charge in [-0.3, -0.25) is 14.9 Å². The highest BCUT2D eigenvalue weighted by Crippen LogP contribution is 2.27. The van der Waals surface area contributed by atoms with Gasteiger partial charge >= 0.3 is 0 Å². The third kappa shape index (κ3) is 3.91. The van der Waals surface area contributed by atoms with Crippen molar-refractivity contribution in [1.29, 1.82) is 0 Å². The summed E-state index contributed by atoms with van der Waals surface area (Å²) in [4.78, 5) is 22.5. The largest absolute Gasteiger partial charge is 0.393 e. The summed E-state index contributed by atoms with van der Waals surface area (Å²) in [6, 6.07) is 2.88. The number of carbonyl (C=O) groups is 1. The Balaban J connectivity index is 3.01. The van der Waals surface area contributed by atoms with Crippen molar-refractivity contribution in [3.63, 3.8) is 0 Å². The Labute approximate surface area is 123 Å². The van der Waals surface area contributed by atoms with E-state index in [2.05, 4.69) is 5.32 Å². The van der Waals surface area contributed by atoms with Crippen LogP contribution >= 0.6 is 0 Å². The number of hydrogen-bond donors (Lipinski definition) is 3. The van der Waals surface area contributed by atoms with Gasteiger partial charge in [0.1, 0.15) is 5.69 Å². The molecule has 0 saturated carbocycles. The molecule has 0 aromatic heterocycles. The number of benzene rings is 1. The van der Waals surface area contributed by atoms with Gasteiger partial charge in [-0.25, -0.2) is 0 Å². The molecule has 21 heavy (non-hydrogen) atoms. The van der Waals surface area contributed by atoms with Crippen molar-refractivity contribution in [1.82, 2.24) is 5.32 Å². The molecule has 0 unspecified atom stereocenters. The summed E-state index contributed by atoms with van der Waals surface area (Å²) >= 11 is 0. The zero-order valence-electron chi connectivity index (χ0n) is 12.6.